The van der Waals surface area contributed by atoms with Gasteiger partial charge in [0.25, 0.3) is 0 Å². The number of thioether (sulfide) groups is 1. The zero-order valence-corrected chi connectivity index (χ0v) is 24.0. The van der Waals surface area contributed by atoms with Crippen molar-refractivity contribution in [1.29, 1.82) is 0 Å². The van der Waals surface area contributed by atoms with Gasteiger partial charge in [0.2, 0.25) is 0 Å². The third-order valence-electron chi connectivity index (χ3n) is 6.78. The van der Waals surface area contributed by atoms with Crippen molar-refractivity contribution in [2.45, 2.75) is 45.4 Å². The zero-order valence-electron chi connectivity index (χ0n) is 22.4. The standard InChI is InChI=1S/C18H25N5S.C7H4F4.C2H6.ClH/c1-12-15-10-23(11-16(12)15)8-5-9-24-18-21-20-17(22(18)3)14-6-4-7-19-13(14)2;8-6-3-1-2-5(4-6)7(9,10)11;1-2;/h4,6-7,12,15-16H,5,8-11H2,1-3H3;1-4H;1-2H3;1H. The molecule has 0 amide bonds. The van der Waals surface area contributed by atoms with E-state index in [2.05, 4.69) is 37.6 Å². The SMILES string of the molecule is CC.Cc1ncccc1-c1nnc(SCCCN2CC3C(C)C3C2)n1C.Cl.Fc1cccc(C(F)(F)F)c1. The molecule has 3 heterocycles. The summed E-state index contributed by atoms with van der Waals surface area (Å²) in [4.78, 5) is 6.98. The van der Waals surface area contributed by atoms with Crippen LogP contribution in [0.25, 0.3) is 11.4 Å². The second kappa shape index (κ2) is 14.3. The summed E-state index contributed by atoms with van der Waals surface area (Å²) >= 11 is 1.81. The molecule has 5 nitrogen and oxygen atoms in total. The highest BCUT2D eigenvalue weighted by atomic mass is 35.5. The van der Waals surface area contributed by atoms with Crippen LogP contribution in [0.5, 0.6) is 0 Å². The van der Waals surface area contributed by atoms with Crippen molar-refractivity contribution in [3.05, 3.63) is 59.7 Å². The minimum absolute atomic E-state index is 0. The first-order valence-corrected chi connectivity index (χ1v) is 13.6. The molecule has 2 aliphatic rings. The Kier molecular flexibility index (Phi) is 12.0. The van der Waals surface area contributed by atoms with Crippen molar-refractivity contribution in [2.24, 2.45) is 24.8 Å². The maximum Gasteiger partial charge on any atom is 0.416 e. The molecular formula is C27H36ClF4N5S. The zero-order chi connectivity index (χ0) is 27.2. The van der Waals surface area contributed by atoms with Gasteiger partial charge in [-0.1, -0.05) is 38.6 Å². The van der Waals surface area contributed by atoms with Crippen LogP contribution in [0, 0.1) is 30.5 Å². The molecule has 2 fully saturated rings. The highest BCUT2D eigenvalue weighted by molar-refractivity contribution is 7.99. The number of hydrogen-bond donors (Lipinski definition) is 0. The first-order chi connectivity index (χ1) is 17.6. The molecule has 38 heavy (non-hydrogen) atoms. The summed E-state index contributed by atoms with van der Waals surface area (Å²) in [7, 11) is 2.04. The smallest absolute Gasteiger partial charge is 0.305 e. The van der Waals surface area contributed by atoms with Crippen LogP contribution in [0.1, 0.15) is 38.4 Å². The Morgan fingerprint density at radius 2 is 1.74 bits per heavy atom. The van der Waals surface area contributed by atoms with Crippen LogP contribution in [-0.4, -0.2) is 50.0 Å². The third-order valence-corrected chi connectivity index (χ3v) is 7.89. The molecule has 0 radical (unpaired) electrons. The van der Waals surface area contributed by atoms with Gasteiger partial charge in [-0.15, -0.1) is 22.6 Å². The fourth-order valence-corrected chi connectivity index (χ4v) is 5.44. The summed E-state index contributed by atoms with van der Waals surface area (Å²) in [6.07, 6.45) is -1.43. The number of alkyl halides is 3. The van der Waals surface area contributed by atoms with E-state index in [9.17, 15) is 17.6 Å². The largest absolute Gasteiger partial charge is 0.416 e. The number of rotatable bonds is 6. The van der Waals surface area contributed by atoms with Gasteiger partial charge in [0.1, 0.15) is 5.82 Å². The van der Waals surface area contributed by atoms with E-state index >= 15 is 0 Å². The average Bonchev–Trinajstić information content (AvgIpc) is 3.18. The summed E-state index contributed by atoms with van der Waals surface area (Å²) in [5.74, 6) is 4.11. The molecule has 1 aromatic carbocycles. The van der Waals surface area contributed by atoms with Crippen LogP contribution >= 0.6 is 24.2 Å². The van der Waals surface area contributed by atoms with E-state index in [1.165, 1.54) is 26.1 Å². The van der Waals surface area contributed by atoms with Gasteiger partial charge in [0, 0.05) is 43.3 Å². The minimum atomic E-state index is -4.46. The Morgan fingerprint density at radius 1 is 1.05 bits per heavy atom. The molecule has 5 rings (SSSR count). The summed E-state index contributed by atoms with van der Waals surface area (Å²) in [5.41, 5.74) is 1.09. The van der Waals surface area contributed by atoms with E-state index in [-0.39, 0.29) is 12.4 Å². The Balaban J connectivity index is 0.000000307. The predicted octanol–water partition coefficient (Wildman–Crippen LogP) is 7.16. The van der Waals surface area contributed by atoms with Crippen molar-refractivity contribution < 1.29 is 17.6 Å². The van der Waals surface area contributed by atoms with E-state index < -0.39 is 17.6 Å². The number of fused-ring (bicyclic) bond motifs is 1. The van der Waals surface area contributed by atoms with E-state index in [0.29, 0.717) is 6.07 Å². The number of aryl methyl sites for hydroxylation is 1. The lowest BCUT2D eigenvalue weighted by Gasteiger charge is -2.17. The second-order valence-electron chi connectivity index (χ2n) is 9.16. The van der Waals surface area contributed by atoms with Gasteiger partial charge in [0.15, 0.2) is 11.0 Å². The molecule has 2 aromatic heterocycles. The fourth-order valence-electron chi connectivity index (χ4n) is 4.61. The second-order valence-corrected chi connectivity index (χ2v) is 10.2. The van der Waals surface area contributed by atoms with Gasteiger partial charge in [-0.25, -0.2) is 4.39 Å². The Morgan fingerprint density at radius 3 is 2.32 bits per heavy atom. The lowest BCUT2D eigenvalue weighted by molar-refractivity contribution is -0.137. The third kappa shape index (κ3) is 8.16. The highest BCUT2D eigenvalue weighted by Crippen LogP contribution is 2.51. The molecule has 1 aliphatic heterocycles. The average molecular weight is 574 g/mol. The molecule has 2 atom stereocenters. The van der Waals surface area contributed by atoms with Gasteiger partial charge in [-0.3, -0.25) is 4.98 Å². The van der Waals surface area contributed by atoms with Crippen LogP contribution in [0.4, 0.5) is 17.6 Å². The number of benzene rings is 1. The molecule has 2 unspecified atom stereocenters. The lowest BCUT2D eigenvalue weighted by atomic mass is 10.2. The van der Waals surface area contributed by atoms with Crippen LogP contribution in [0.2, 0.25) is 0 Å². The predicted molar refractivity (Wildman–Crippen MR) is 147 cm³/mol. The van der Waals surface area contributed by atoms with Crippen molar-refractivity contribution in [2.75, 3.05) is 25.4 Å². The number of pyridine rings is 1. The van der Waals surface area contributed by atoms with Crippen LogP contribution < -0.4 is 0 Å². The van der Waals surface area contributed by atoms with E-state index in [4.69, 9.17) is 0 Å². The van der Waals surface area contributed by atoms with Gasteiger partial charge in [-0.2, -0.15) is 13.2 Å². The molecular weight excluding hydrogens is 538 g/mol. The van der Waals surface area contributed by atoms with Gasteiger partial charge < -0.3 is 9.47 Å². The van der Waals surface area contributed by atoms with Gasteiger partial charge in [0.05, 0.1) is 5.56 Å². The first-order valence-electron chi connectivity index (χ1n) is 12.6. The van der Waals surface area contributed by atoms with E-state index in [1.807, 2.05) is 40.1 Å². The number of piperidine rings is 1. The van der Waals surface area contributed by atoms with E-state index in [0.717, 1.165) is 63.9 Å². The van der Waals surface area contributed by atoms with Crippen molar-refractivity contribution in [1.82, 2.24) is 24.6 Å². The van der Waals surface area contributed by atoms with Crippen LogP contribution in [0.3, 0.4) is 0 Å². The van der Waals surface area contributed by atoms with Crippen molar-refractivity contribution in [3.63, 3.8) is 0 Å². The topological polar surface area (TPSA) is 46.8 Å². The normalized spacial score (nSPS) is 19.9. The quantitative estimate of drug-likeness (QED) is 0.178. The molecule has 0 spiro atoms. The first kappa shape index (κ1) is 32.0. The molecule has 1 saturated carbocycles. The molecule has 1 saturated heterocycles. The maximum atomic E-state index is 12.2. The Bertz CT molecular complexity index is 1140. The number of hydrogen-bond acceptors (Lipinski definition) is 5. The van der Waals surface area contributed by atoms with Crippen molar-refractivity contribution >= 4 is 24.2 Å². The van der Waals surface area contributed by atoms with Gasteiger partial charge >= 0.3 is 6.18 Å². The fraction of sp³-hybridized carbons (Fsp3) is 0.519. The van der Waals surface area contributed by atoms with Gasteiger partial charge in [-0.05, 0) is 68.0 Å². The molecule has 11 heteroatoms. The summed E-state index contributed by atoms with van der Waals surface area (Å²) in [5, 5.41) is 9.73. The monoisotopic (exact) mass is 573 g/mol. The summed E-state index contributed by atoms with van der Waals surface area (Å²) < 4.78 is 49.7. The minimum Gasteiger partial charge on any atom is -0.305 e. The summed E-state index contributed by atoms with van der Waals surface area (Å²) in [6.45, 7) is 12.3. The van der Waals surface area contributed by atoms with Crippen molar-refractivity contribution in [3.8, 4) is 11.4 Å². The molecule has 0 N–H and O–H groups in total. The molecule has 210 valence electrons. The lowest BCUT2D eigenvalue weighted by Crippen LogP contribution is -2.25. The van der Waals surface area contributed by atoms with E-state index in [1.54, 1.807) is 11.8 Å². The molecule has 1 aliphatic carbocycles. The molecule has 0 bridgehead atoms. The number of likely N-dealkylation sites (tertiary alicyclic amines) is 1. The maximum absolute atomic E-state index is 12.2. The van der Waals surface area contributed by atoms with Crippen LogP contribution in [-0.2, 0) is 13.2 Å². The number of aromatic nitrogens is 4. The molecule has 3 aromatic rings. The summed E-state index contributed by atoms with van der Waals surface area (Å²) in [6, 6.07) is 7.28. The number of halogens is 5. The Labute approximate surface area is 232 Å². The Hall–Kier alpha value is -2.17. The highest BCUT2D eigenvalue weighted by Gasteiger charge is 2.52. The van der Waals surface area contributed by atoms with Crippen LogP contribution in [0.15, 0.2) is 47.8 Å². The number of nitrogens with zero attached hydrogens (tertiary/aromatic N) is 5.